The van der Waals surface area contributed by atoms with Gasteiger partial charge in [0.2, 0.25) is 0 Å². The molecule has 0 amide bonds. The third-order valence-corrected chi connectivity index (χ3v) is 4.15. The minimum absolute atomic E-state index is 0.643. The molecule has 0 bridgehead atoms. The monoisotopic (exact) mass is 275 g/mol. The minimum Gasteiger partial charge on any atom is -0.493 e. The number of benzene rings is 1. The van der Waals surface area contributed by atoms with Gasteiger partial charge in [-0.3, -0.25) is 0 Å². The summed E-state index contributed by atoms with van der Waals surface area (Å²) in [4.78, 5) is 0. The summed E-state index contributed by atoms with van der Waals surface area (Å²) < 4.78 is 5.54. The van der Waals surface area contributed by atoms with Crippen molar-refractivity contribution in [3.8, 4) is 5.75 Å². The largest absolute Gasteiger partial charge is 0.493 e. The van der Waals surface area contributed by atoms with Crippen LogP contribution < -0.4 is 10.1 Å². The topological polar surface area (TPSA) is 21.3 Å². The Balaban J connectivity index is 1.63. The van der Waals surface area contributed by atoms with E-state index in [1.54, 1.807) is 0 Å². The van der Waals surface area contributed by atoms with E-state index in [1.165, 1.54) is 43.2 Å². The number of hydrogen-bond acceptors (Lipinski definition) is 2. The van der Waals surface area contributed by atoms with Gasteiger partial charge in [0.15, 0.2) is 0 Å². The summed E-state index contributed by atoms with van der Waals surface area (Å²) in [5.41, 5.74) is 2.81. The number of rotatable bonds is 9. The Bertz CT molecular complexity index is 402. The lowest BCUT2D eigenvalue weighted by Crippen LogP contribution is -2.28. The molecule has 1 N–H and O–H groups in total. The molecule has 1 aliphatic heterocycles. The van der Waals surface area contributed by atoms with Gasteiger partial charge in [0.1, 0.15) is 5.75 Å². The van der Waals surface area contributed by atoms with Gasteiger partial charge in [0, 0.05) is 12.5 Å². The zero-order chi connectivity index (χ0) is 14.2. The number of fused-ring (bicyclic) bond motifs is 1. The van der Waals surface area contributed by atoms with Crippen LogP contribution in [-0.2, 0) is 12.8 Å². The van der Waals surface area contributed by atoms with E-state index in [9.17, 15) is 0 Å². The molecule has 112 valence electrons. The molecule has 1 aromatic carbocycles. The summed E-state index contributed by atoms with van der Waals surface area (Å²) in [7, 11) is 0. The molecule has 0 fully saturated rings. The van der Waals surface area contributed by atoms with Gasteiger partial charge >= 0.3 is 0 Å². The van der Waals surface area contributed by atoms with E-state index in [1.807, 2.05) is 0 Å². The number of hydrogen-bond donors (Lipinski definition) is 1. The van der Waals surface area contributed by atoms with Crippen LogP contribution in [0.25, 0.3) is 0 Å². The molecular formula is C18H29NO. The van der Waals surface area contributed by atoms with Crippen LogP contribution in [-0.4, -0.2) is 19.2 Å². The van der Waals surface area contributed by atoms with E-state index < -0.39 is 0 Å². The highest BCUT2D eigenvalue weighted by molar-refractivity contribution is 5.39. The van der Waals surface area contributed by atoms with Gasteiger partial charge in [0.25, 0.3) is 0 Å². The van der Waals surface area contributed by atoms with Crippen molar-refractivity contribution in [2.24, 2.45) is 0 Å². The molecule has 0 spiro atoms. The first-order valence-electron chi connectivity index (χ1n) is 8.27. The van der Waals surface area contributed by atoms with Crippen molar-refractivity contribution in [3.05, 3.63) is 29.3 Å². The molecular weight excluding hydrogens is 246 g/mol. The van der Waals surface area contributed by atoms with Gasteiger partial charge < -0.3 is 10.1 Å². The third kappa shape index (κ3) is 4.82. The summed E-state index contributed by atoms with van der Waals surface area (Å²) in [5.74, 6) is 1.09. The van der Waals surface area contributed by atoms with E-state index in [-0.39, 0.29) is 0 Å². The molecule has 1 aliphatic rings. The smallest absolute Gasteiger partial charge is 0.122 e. The Hall–Kier alpha value is -1.02. The van der Waals surface area contributed by atoms with Crippen molar-refractivity contribution in [1.82, 2.24) is 5.32 Å². The van der Waals surface area contributed by atoms with E-state index in [4.69, 9.17) is 4.74 Å². The number of ether oxygens (including phenoxy) is 1. The van der Waals surface area contributed by atoms with E-state index in [0.717, 1.165) is 31.7 Å². The zero-order valence-corrected chi connectivity index (χ0v) is 13.1. The van der Waals surface area contributed by atoms with Crippen LogP contribution in [0.5, 0.6) is 5.75 Å². The predicted molar refractivity (Wildman–Crippen MR) is 85.6 cm³/mol. The summed E-state index contributed by atoms with van der Waals surface area (Å²) in [6.45, 7) is 6.51. The molecule has 0 aliphatic carbocycles. The average molecular weight is 275 g/mol. The van der Waals surface area contributed by atoms with Crippen LogP contribution >= 0.6 is 0 Å². The molecule has 1 heterocycles. The van der Waals surface area contributed by atoms with Crippen molar-refractivity contribution < 1.29 is 4.74 Å². The van der Waals surface area contributed by atoms with Crippen LogP contribution in [0.2, 0.25) is 0 Å². The normalized spacial score (nSPS) is 14.9. The standard InChI is InChI=1S/C18H29NO/c1-3-4-5-6-7-15(2)19-12-10-16-8-9-18-17(14-16)11-13-20-18/h8-9,14-15,19H,3-7,10-13H2,1-2H3. The molecule has 0 saturated carbocycles. The fourth-order valence-electron chi connectivity index (χ4n) is 2.84. The minimum atomic E-state index is 0.643. The van der Waals surface area contributed by atoms with Crippen molar-refractivity contribution in [2.75, 3.05) is 13.2 Å². The maximum Gasteiger partial charge on any atom is 0.122 e. The first-order chi connectivity index (χ1) is 9.79. The van der Waals surface area contributed by atoms with Crippen LogP contribution in [0.3, 0.4) is 0 Å². The lowest BCUT2D eigenvalue weighted by atomic mass is 10.1. The summed E-state index contributed by atoms with van der Waals surface area (Å²) in [6.07, 6.45) is 8.94. The maximum absolute atomic E-state index is 5.54. The Kier molecular flexibility index (Phi) is 6.38. The van der Waals surface area contributed by atoms with Gasteiger partial charge in [-0.1, -0.05) is 44.7 Å². The lowest BCUT2D eigenvalue weighted by Gasteiger charge is -2.13. The van der Waals surface area contributed by atoms with Gasteiger partial charge in [0.05, 0.1) is 6.61 Å². The number of unbranched alkanes of at least 4 members (excludes halogenated alkanes) is 3. The Morgan fingerprint density at radius 2 is 2.15 bits per heavy atom. The second-order valence-corrected chi connectivity index (χ2v) is 6.00. The lowest BCUT2D eigenvalue weighted by molar-refractivity contribution is 0.357. The van der Waals surface area contributed by atoms with Crippen molar-refractivity contribution in [1.29, 1.82) is 0 Å². The Morgan fingerprint density at radius 1 is 1.25 bits per heavy atom. The molecule has 1 unspecified atom stereocenters. The molecule has 0 saturated heterocycles. The second kappa shape index (κ2) is 8.31. The summed E-state index contributed by atoms with van der Waals surface area (Å²) >= 11 is 0. The number of nitrogens with one attached hydrogen (secondary N) is 1. The highest BCUT2D eigenvalue weighted by Crippen LogP contribution is 2.25. The fraction of sp³-hybridized carbons (Fsp3) is 0.667. The summed E-state index contributed by atoms with van der Waals surface area (Å²) in [5, 5.41) is 3.64. The molecule has 0 radical (unpaired) electrons. The molecule has 2 heteroatoms. The van der Waals surface area contributed by atoms with Gasteiger partial charge in [-0.05, 0) is 43.5 Å². The van der Waals surface area contributed by atoms with E-state index in [2.05, 4.69) is 37.4 Å². The Labute approximate surface area is 123 Å². The van der Waals surface area contributed by atoms with E-state index >= 15 is 0 Å². The summed E-state index contributed by atoms with van der Waals surface area (Å²) in [6, 6.07) is 7.30. The quantitative estimate of drug-likeness (QED) is 0.685. The van der Waals surface area contributed by atoms with Crippen molar-refractivity contribution >= 4 is 0 Å². The highest BCUT2D eigenvalue weighted by atomic mass is 16.5. The fourth-order valence-corrected chi connectivity index (χ4v) is 2.84. The second-order valence-electron chi connectivity index (χ2n) is 6.00. The first-order valence-corrected chi connectivity index (χ1v) is 8.27. The van der Waals surface area contributed by atoms with Crippen molar-refractivity contribution in [3.63, 3.8) is 0 Å². The average Bonchev–Trinajstić information content (AvgIpc) is 2.91. The molecule has 1 aromatic rings. The molecule has 1 atom stereocenters. The predicted octanol–water partition coefficient (Wildman–Crippen LogP) is 4.11. The molecule has 2 nitrogen and oxygen atoms in total. The molecule has 0 aromatic heterocycles. The van der Waals surface area contributed by atoms with Crippen LogP contribution in [0, 0.1) is 0 Å². The molecule has 2 rings (SSSR count). The highest BCUT2D eigenvalue weighted by Gasteiger charge is 2.11. The Morgan fingerprint density at radius 3 is 3.00 bits per heavy atom. The van der Waals surface area contributed by atoms with Gasteiger partial charge in [-0.2, -0.15) is 0 Å². The van der Waals surface area contributed by atoms with Crippen LogP contribution in [0.4, 0.5) is 0 Å². The SMILES string of the molecule is CCCCCCC(C)NCCc1ccc2c(c1)CCO2. The maximum atomic E-state index is 5.54. The van der Waals surface area contributed by atoms with Gasteiger partial charge in [-0.15, -0.1) is 0 Å². The van der Waals surface area contributed by atoms with Gasteiger partial charge in [-0.25, -0.2) is 0 Å². The van der Waals surface area contributed by atoms with Crippen LogP contribution in [0.1, 0.15) is 57.1 Å². The van der Waals surface area contributed by atoms with Crippen molar-refractivity contribution in [2.45, 2.75) is 64.8 Å². The zero-order valence-electron chi connectivity index (χ0n) is 13.1. The first kappa shape index (κ1) is 15.4. The third-order valence-electron chi connectivity index (χ3n) is 4.15. The van der Waals surface area contributed by atoms with Crippen LogP contribution in [0.15, 0.2) is 18.2 Å². The molecule has 20 heavy (non-hydrogen) atoms. The van der Waals surface area contributed by atoms with E-state index in [0.29, 0.717) is 6.04 Å².